The summed E-state index contributed by atoms with van der Waals surface area (Å²) >= 11 is 0. The quantitative estimate of drug-likeness (QED) is 0.0942. The third-order valence-corrected chi connectivity index (χ3v) is 33.9. The molecule has 0 aromatic carbocycles. The summed E-state index contributed by atoms with van der Waals surface area (Å²) in [6, 6.07) is 9.51. The molecule has 15 heteroatoms. The van der Waals surface area contributed by atoms with Crippen molar-refractivity contribution in [2.45, 2.75) is 304 Å². The summed E-state index contributed by atoms with van der Waals surface area (Å²) in [5.74, 6) is -0.745. The van der Waals surface area contributed by atoms with E-state index >= 15 is 0 Å². The van der Waals surface area contributed by atoms with Crippen molar-refractivity contribution in [3.8, 4) is 0 Å². The Balaban J connectivity index is 1.19. The summed E-state index contributed by atoms with van der Waals surface area (Å²) in [6.45, 7) is 32.6. The predicted molar refractivity (Wildman–Crippen MR) is 297 cm³/mol. The van der Waals surface area contributed by atoms with E-state index in [2.05, 4.69) is 94.5 Å². The highest BCUT2D eigenvalue weighted by Crippen LogP contribution is 2.49. The highest BCUT2D eigenvalue weighted by atomic mass is 28.4. The van der Waals surface area contributed by atoms with Crippen LogP contribution in [0, 0.1) is 11.8 Å². The van der Waals surface area contributed by atoms with Gasteiger partial charge < -0.3 is 56.6 Å². The van der Waals surface area contributed by atoms with E-state index in [-0.39, 0.29) is 85.1 Å². The largest absolute Gasteiger partial charge is 0.414 e. The molecule has 0 aromatic rings. The number of fused-ring (bicyclic) bond motifs is 9. The van der Waals surface area contributed by atoms with Crippen LogP contribution in [0.2, 0.25) is 54.4 Å². The van der Waals surface area contributed by atoms with Gasteiger partial charge in [0.05, 0.1) is 92.1 Å². The number of ether oxygens (including phenoxy) is 7. The van der Waals surface area contributed by atoms with Crippen LogP contribution >= 0.6 is 0 Å². The smallest absolute Gasteiger partial charge is 0.192 e. The molecule has 73 heavy (non-hydrogen) atoms. The van der Waals surface area contributed by atoms with E-state index in [1.165, 1.54) is 0 Å². The van der Waals surface area contributed by atoms with Gasteiger partial charge in [-0.15, -0.1) is 0 Å². The van der Waals surface area contributed by atoms with Gasteiger partial charge in [0.2, 0.25) is 0 Å². The average molecular weight is 1080 g/mol. The Morgan fingerprint density at radius 2 is 1.33 bits per heavy atom. The molecule has 2 N–H and O–H groups in total. The van der Waals surface area contributed by atoms with E-state index < -0.39 is 49.1 Å². The molecule has 0 aliphatic carbocycles. The van der Waals surface area contributed by atoms with Gasteiger partial charge in [0.1, 0.15) is 6.10 Å². The molecule has 6 saturated heterocycles. The maximum atomic E-state index is 12.1. The second-order valence-corrected chi connectivity index (χ2v) is 38.0. The first kappa shape index (κ1) is 60.0. The standard InChI is InChI=1S/C58H104O12Si3/c1-14-71(15-2,16-3)62-38-45(69-72(17-4,18-5)19-6)34-52-55(61-13)46-33-42(59)25-23-24-26-49-57(70-73(20-7,21-8)22-9)54-36-53(65-49)56-47(60)37-58(67-54,68-56)30-29-44-32-40(11)48(63-44)28-27-43-31-39(10)41(12)50(64-43)35-51(46)66-52/h23-24,39,42-57,59-60H,11-12,14-22,25-38H2,1-10,13H3/b24-23+/t39?,42?,43?,44?,45?,46?,47?,48?,49-,50?,51-,52?,53+,54?,55+,56?,57?,58+/m0/s1. The van der Waals surface area contributed by atoms with Crippen LogP contribution in [0.3, 0.4) is 0 Å². The van der Waals surface area contributed by atoms with Crippen molar-refractivity contribution in [1.82, 2.24) is 0 Å². The SMILES string of the molecule is C=C1CC2CC[C@]34CC(O)C(O3)[C@H]3CC(O4)C(O[Si](CC)(CC)CC)[C@H](C/C=C/CC(O)CC4[C@@H](OC)C(CC(CO[Si](CC)(CC)CC)O[Si](CC)(CC)CC)O[C@H]4CC4OC(CCC1O2)CC(C)C4=C)O3. The lowest BCUT2D eigenvalue weighted by Gasteiger charge is -2.47. The van der Waals surface area contributed by atoms with Crippen molar-refractivity contribution in [3.63, 3.8) is 0 Å². The molecule has 7 aliphatic rings. The molecule has 18 atom stereocenters. The molecule has 0 saturated carbocycles. The second-order valence-electron chi connectivity index (χ2n) is 23.8. The molecule has 0 aromatic heterocycles. The van der Waals surface area contributed by atoms with Gasteiger partial charge in [0.15, 0.2) is 30.7 Å². The molecule has 7 rings (SSSR count). The zero-order valence-corrected chi connectivity index (χ0v) is 50.6. The number of methoxy groups -OCH3 is 1. The first-order chi connectivity index (χ1) is 35.0. The van der Waals surface area contributed by atoms with E-state index in [0.717, 1.165) is 97.6 Å². The van der Waals surface area contributed by atoms with E-state index in [0.29, 0.717) is 58.0 Å². The Hall–Kier alpha value is -0.609. The van der Waals surface area contributed by atoms with Crippen molar-refractivity contribution in [2.24, 2.45) is 11.8 Å². The molecule has 9 bridgehead atoms. The molecule has 7 heterocycles. The van der Waals surface area contributed by atoms with Crippen LogP contribution in [-0.4, -0.2) is 146 Å². The lowest BCUT2D eigenvalue weighted by Crippen LogP contribution is -2.58. The first-order valence-corrected chi connectivity index (χ1v) is 37.5. The Kier molecular flexibility index (Phi) is 21.8. The van der Waals surface area contributed by atoms with Gasteiger partial charge in [-0.05, 0) is 123 Å². The van der Waals surface area contributed by atoms with Crippen LogP contribution in [0.5, 0.6) is 0 Å². The lowest BCUT2D eigenvalue weighted by molar-refractivity contribution is -0.256. The monoisotopic (exact) mass is 1080 g/mol. The number of hydrogen-bond acceptors (Lipinski definition) is 12. The van der Waals surface area contributed by atoms with Gasteiger partial charge in [-0.1, -0.05) is 94.5 Å². The average Bonchev–Trinajstić information content (AvgIpc) is 4.01. The zero-order chi connectivity index (χ0) is 52.7. The normalized spacial score (nSPS) is 39.8. The molecule has 12 nitrogen and oxygen atoms in total. The number of rotatable bonds is 19. The zero-order valence-electron chi connectivity index (χ0n) is 47.6. The minimum Gasteiger partial charge on any atom is -0.414 e. The third kappa shape index (κ3) is 13.9. The maximum Gasteiger partial charge on any atom is 0.192 e. The summed E-state index contributed by atoms with van der Waals surface area (Å²) in [7, 11) is -4.22. The molecule has 420 valence electrons. The number of hydrogen-bond donors (Lipinski definition) is 2. The topological polar surface area (TPSA) is 133 Å². The Bertz CT molecular complexity index is 1750. The molecule has 6 fully saturated rings. The summed E-state index contributed by atoms with van der Waals surface area (Å²) in [5.41, 5.74) is 2.25. The van der Waals surface area contributed by atoms with E-state index in [4.69, 9.17) is 46.4 Å². The Morgan fingerprint density at radius 1 is 0.671 bits per heavy atom. The molecule has 0 radical (unpaired) electrons. The third-order valence-electron chi connectivity index (χ3n) is 19.9. The fourth-order valence-corrected chi connectivity index (χ4v) is 22.7. The van der Waals surface area contributed by atoms with E-state index in [1.807, 2.05) is 7.11 Å². The molecular formula is C58H104O12Si3. The maximum absolute atomic E-state index is 12.1. The fourth-order valence-electron chi connectivity index (χ4n) is 14.3. The summed E-state index contributed by atoms with van der Waals surface area (Å²) in [4.78, 5) is 0. The fraction of sp³-hybridized carbons (Fsp3) is 0.897. The van der Waals surface area contributed by atoms with Crippen molar-refractivity contribution in [2.75, 3.05) is 13.7 Å². The van der Waals surface area contributed by atoms with Gasteiger partial charge in [-0.25, -0.2) is 0 Å². The minimum absolute atomic E-state index is 0.00653. The highest BCUT2D eigenvalue weighted by Gasteiger charge is 2.59. The molecule has 1 spiro atoms. The predicted octanol–water partition coefficient (Wildman–Crippen LogP) is 12.1. The van der Waals surface area contributed by atoms with Gasteiger partial charge in [-0.2, -0.15) is 0 Å². The highest BCUT2D eigenvalue weighted by molar-refractivity contribution is 6.74. The molecular weight excluding hydrogens is 973 g/mol. The number of aliphatic hydroxyl groups excluding tert-OH is 2. The first-order valence-electron chi connectivity index (χ1n) is 29.9. The molecule has 13 unspecified atom stereocenters. The van der Waals surface area contributed by atoms with Crippen LogP contribution in [0.25, 0.3) is 0 Å². The van der Waals surface area contributed by atoms with E-state index in [9.17, 15) is 10.2 Å². The summed E-state index contributed by atoms with van der Waals surface area (Å²) in [6.07, 6.45) is 9.03. The van der Waals surface area contributed by atoms with Crippen LogP contribution < -0.4 is 0 Å². The van der Waals surface area contributed by atoms with Crippen LogP contribution in [0.1, 0.15) is 153 Å². The molecule has 0 amide bonds. The van der Waals surface area contributed by atoms with Crippen LogP contribution in [0.4, 0.5) is 0 Å². The second kappa shape index (κ2) is 26.6. The van der Waals surface area contributed by atoms with Crippen LogP contribution in [0.15, 0.2) is 36.5 Å². The van der Waals surface area contributed by atoms with Crippen molar-refractivity contribution >= 4 is 25.0 Å². The van der Waals surface area contributed by atoms with Gasteiger partial charge >= 0.3 is 0 Å². The minimum atomic E-state index is -2.11. The van der Waals surface area contributed by atoms with Gasteiger partial charge in [-0.3, -0.25) is 0 Å². The van der Waals surface area contributed by atoms with Crippen molar-refractivity contribution in [3.05, 3.63) is 36.5 Å². The number of aliphatic hydroxyl groups is 2. The lowest BCUT2D eigenvalue weighted by atomic mass is 9.81. The van der Waals surface area contributed by atoms with Crippen molar-refractivity contribution in [1.29, 1.82) is 0 Å². The summed E-state index contributed by atoms with van der Waals surface area (Å²) in [5, 5.41) is 23.7. The Morgan fingerprint density at radius 3 is 1.99 bits per heavy atom. The van der Waals surface area contributed by atoms with Gasteiger partial charge in [0.25, 0.3) is 0 Å². The van der Waals surface area contributed by atoms with Gasteiger partial charge in [0, 0.05) is 45.1 Å². The molecule has 7 aliphatic heterocycles. The van der Waals surface area contributed by atoms with Crippen LogP contribution in [-0.2, 0) is 46.4 Å². The van der Waals surface area contributed by atoms with E-state index in [1.54, 1.807) is 0 Å². The Labute approximate surface area is 446 Å². The summed E-state index contributed by atoms with van der Waals surface area (Å²) < 4.78 is 70.7. The van der Waals surface area contributed by atoms with Crippen molar-refractivity contribution < 1.29 is 56.6 Å².